The molecule has 0 amide bonds. The van der Waals surface area contributed by atoms with Crippen molar-refractivity contribution in [1.82, 2.24) is 0 Å². The van der Waals surface area contributed by atoms with Gasteiger partial charge >= 0.3 is 17.9 Å². The molecule has 1 rings (SSSR count). The van der Waals surface area contributed by atoms with E-state index in [0.29, 0.717) is 12.8 Å². The van der Waals surface area contributed by atoms with E-state index in [-0.39, 0.29) is 19.4 Å². The van der Waals surface area contributed by atoms with Gasteiger partial charge in [0.25, 0.3) is 0 Å². The summed E-state index contributed by atoms with van der Waals surface area (Å²) in [6.07, 6.45) is 48.7. The number of unbranched alkanes of at least 4 members (excludes halogenated alkanes) is 28. The van der Waals surface area contributed by atoms with E-state index in [2.05, 4.69) is 62.5 Å². The third kappa shape index (κ3) is 37.1. The van der Waals surface area contributed by atoms with Crippen LogP contribution in [0.2, 0.25) is 0 Å². The minimum absolute atomic E-state index is 0.177. The van der Waals surface area contributed by atoms with Gasteiger partial charge in [-0.25, -0.2) is 4.79 Å². The first-order valence-corrected chi connectivity index (χ1v) is 27.7. The van der Waals surface area contributed by atoms with Crippen LogP contribution in [0.25, 0.3) is 0 Å². The molecule has 0 saturated carbocycles. The quantitative estimate of drug-likeness (QED) is 0.0260. The van der Waals surface area contributed by atoms with Crippen molar-refractivity contribution >= 4 is 17.9 Å². The van der Waals surface area contributed by atoms with E-state index >= 15 is 0 Å². The molecule has 11 nitrogen and oxygen atoms in total. The summed E-state index contributed by atoms with van der Waals surface area (Å²) in [5, 5.41) is 40.0. The highest BCUT2D eigenvalue weighted by Crippen LogP contribution is 2.23. The lowest BCUT2D eigenvalue weighted by Gasteiger charge is -2.38. The SMILES string of the molecule is CCCCC/C=C\C/C=C\CCCCCCCCCCCC(=O)OC(COC(=O)CCCCCCCCCCCCC/C=C\C/C=C\CCCCCCC)COC1OC(C(=O)O)C(O)C(O)C1O. The van der Waals surface area contributed by atoms with Crippen LogP contribution in [0.3, 0.4) is 0 Å². The molecule has 6 atom stereocenters. The molecule has 4 N–H and O–H groups in total. The van der Waals surface area contributed by atoms with E-state index in [0.717, 1.165) is 57.8 Å². The van der Waals surface area contributed by atoms with Crippen molar-refractivity contribution in [3.05, 3.63) is 48.6 Å². The summed E-state index contributed by atoms with van der Waals surface area (Å²) in [5.41, 5.74) is 0. The molecule has 6 unspecified atom stereocenters. The number of aliphatic hydroxyl groups excluding tert-OH is 3. The smallest absolute Gasteiger partial charge is 0.335 e. The van der Waals surface area contributed by atoms with Gasteiger partial charge in [0.1, 0.15) is 24.9 Å². The summed E-state index contributed by atoms with van der Waals surface area (Å²) < 4.78 is 21.9. The van der Waals surface area contributed by atoms with Crippen molar-refractivity contribution in [3.8, 4) is 0 Å². The zero-order chi connectivity index (χ0) is 49.6. The largest absolute Gasteiger partial charge is 0.479 e. The molecule has 0 aromatic heterocycles. The van der Waals surface area contributed by atoms with Crippen molar-refractivity contribution in [2.24, 2.45) is 0 Å². The Hall–Kier alpha value is -2.83. The van der Waals surface area contributed by atoms with Crippen LogP contribution < -0.4 is 0 Å². The maximum Gasteiger partial charge on any atom is 0.335 e. The van der Waals surface area contributed by atoms with Crippen LogP contribution in [0.4, 0.5) is 0 Å². The lowest BCUT2D eigenvalue weighted by molar-refractivity contribution is -0.298. The molecule has 394 valence electrons. The van der Waals surface area contributed by atoms with Crippen LogP contribution in [0.15, 0.2) is 48.6 Å². The van der Waals surface area contributed by atoms with Gasteiger partial charge < -0.3 is 39.4 Å². The lowest BCUT2D eigenvalue weighted by Crippen LogP contribution is -2.60. The zero-order valence-corrected chi connectivity index (χ0v) is 43.1. The highest BCUT2D eigenvalue weighted by Gasteiger charge is 2.47. The Labute approximate surface area is 414 Å². The van der Waals surface area contributed by atoms with Gasteiger partial charge in [-0.3, -0.25) is 9.59 Å². The summed E-state index contributed by atoms with van der Waals surface area (Å²) in [5.74, 6) is -2.44. The maximum atomic E-state index is 12.9. The van der Waals surface area contributed by atoms with Crippen LogP contribution in [0.5, 0.6) is 0 Å². The minimum Gasteiger partial charge on any atom is -0.479 e. The van der Waals surface area contributed by atoms with E-state index in [4.69, 9.17) is 18.9 Å². The number of esters is 2. The lowest BCUT2D eigenvalue weighted by atomic mass is 9.99. The van der Waals surface area contributed by atoms with Crippen molar-refractivity contribution < 1.29 is 53.8 Å². The van der Waals surface area contributed by atoms with Crippen LogP contribution in [-0.2, 0) is 33.3 Å². The standard InChI is InChI=1S/C57H100O11/c1-3-5-7-9-11-13-15-17-19-21-23-24-25-26-28-29-31-33-35-37-39-41-43-45-50(58)65-47-49(48-66-57-54(62)52(60)53(61)55(68-57)56(63)64)67-51(59)46-44-42-40-38-36-34-32-30-27-22-20-18-16-14-12-10-8-6-4-2/h12,14-15,17-18,20-21,23,49,52-55,57,60-62H,3-11,13,16,19,22,24-48H2,1-2H3,(H,63,64)/b14-12-,17-15-,20-18-,23-21-. The topological polar surface area (TPSA) is 169 Å². The monoisotopic (exact) mass is 961 g/mol. The average molecular weight is 961 g/mol. The number of allylic oxidation sites excluding steroid dienone is 8. The van der Waals surface area contributed by atoms with Gasteiger partial charge in [-0.15, -0.1) is 0 Å². The highest BCUT2D eigenvalue weighted by molar-refractivity contribution is 5.73. The second kappa shape index (κ2) is 46.5. The first-order chi connectivity index (χ1) is 33.2. The molecule has 0 aromatic carbocycles. The van der Waals surface area contributed by atoms with Gasteiger partial charge in [-0.2, -0.15) is 0 Å². The van der Waals surface area contributed by atoms with Crippen molar-refractivity contribution in [2.75, 3.05) is 13.2 Å². The number of carboxylic acids is 1. The minimum atomic E-state index is -1.86. The number of aliphatic hydroxyl groups is 3. The Morgan fingerprint density at radius 1 is 0.456 bits per heavy atom. The van der Waals surface area contributed by atoms with Gasteiger partial charge in [0.05, 0.1) is 6.61 Å². The molecule has 1 saturated heterocycles. The number of hydrogen-bond acceptors (Lipinski definition) is 10. The fourth-order valence-corrected chi connectivity index (χ4v) is 8.29. The summed E-state index contributed by atoms with van der Waals surface area (Å²) in [6, 6.07) is 0. The molecule has 0 bridgehead atoms. The van der Waals surface area contributed by atoms with Gasteiger partial charge in [0.2, 0.25) is 0 Å². The molecule has 68 heavy (non-hydrogen) atoms. The summed E-state index contributed by atoms with van der Waals surface area (Å²) in [6.45, 7) is 3.81. The highest BCUT2D eigenvalue weighted by atomic mass is 16.7. The van der Waals surface area contributed by atoms with Gasteiger partial charge in [-0.05, 0) is 77.0 Å². The van der Waals surface area contributed by atoms with E-state index in [1.807, 2.05) is 0 Å². The van der Waals surface area contributed by atoms with E-state index in [1.165, 1.54) is 148 Å². The normalized spacial score (nSPS) is 19.2. The number of carboxylic acid groups (broad SMARTS) is 1. The molecule has 1 fully saturated rings. The first kappa shape index (κ1) is 63.2. The number of carbonyl (C=O) groups excluding carboxylic acids is 2. The molecule has 1 aliphatic heterocycles. The first-order valence-electron chi connectivity index (χ1n) is 27.7. The molecule has 1 aliphatic rings. The second-order valence-corrected chi connectivity index (χ2v) is 19.1. The summed E-state index contributed by atoms with van der Waals surface area (Å²) in [7, 11) is 0. The number of carbonyl (C=O) groups is 3. The molecule has 11 heteroatoms. The van der Waals surface area contributed by atoms with Gasteiger partial charge in [0, 0.05) is 12.8 Å². The number of ether oxygens (including phenoxy) is 4. The van der Waals surface area contributed by atoms with Crippen LogP contribution >= 0.6 is 0 Å². The Kier molecular flexibility index (Phi) is 43.3. The summed E-state index contributed by atoms with van der Waals surface area (Å²) >= 11 is 0. The van der Waals surface area contributed by atoms with Crippen LogP contribution in [0, 0.1) is 0 Å². The zero-order valence-electron chi connectivity index (χ0n) is 43.1. The molecular formula is C57H100O11. The van der Waals surface area contributed by atoms with E-state index < -0.39 is 61.3 Å². The van der Waals surface area contributed by atoms with E-state index in [1.54, 1.807) is 0 Å². The molecule has 0 radical (unpaired) electrons. The van der Waals surface area contributed by atoms with Crippen molar-refractivity contribution in [1.29, 1.82) is 0 Å². The number of hydrogen-bond donors (Lipinski definition) is 4. The van der Waals surface area contributed by atoms with E-state index in [9.17, 15) is 34.8 Å². The van der Waals surface area contributed by atoms with Crippen LogP contribution in [-0.4, -0.2) is 88.4 Å². The van der Waals surface area contributed by atoms with Gasteiger partial charge in [-0.1, -0.05) is 204 Å². The Morgan fingerprint density at radius 3 is 1.25 bits per heavy atom. The van der Waals surface area contributed by atoms with Gasteiger partial charge in [0.15, 0.2) is 18.5 Å². The molecular weight excluding hydrogens is 861 g/mol. The number of aliphatic carboxylic acids is 1. The molecule has 0 aromatic rings. The van der Waals surface area contributed by atoms with Crippen molar-refractivity contribution in [3.63, 3.8) is 0 Å². The third-order valence-electron chi connectivity index (χ3n) is 12.7. The molecule has 1 heterocycles. The fraction of sp³-hybridized carbons (Fsp3) is 0.807. The fourth-order valence-electron chi connectivity index (χ4n) is 8.29. The van der Waals surface area contributed by atoms with Crippen LogP contribution in [0.1, 0.15) is 245 Å². The Bertz CT molecular complexity index is 1310. The molecule has 0 aliphatic carbocycles. The maximum absolute atomic E-state index is 12.9. The summed E-state index contributed by atoms with van der Waals surface area (Å²) in [4.78, 5) is 37.1. The average Bonchev–Trinajstić information content (AvgIpc) is 3.32. The Balaban J connectivity index is 2.26. The second-order valence-electron chi connectivity index (χ2n) is 19.1. The van der Waals surface area contributed by atoms with Crippen molar-refractivity contribution in [2.45, 2.75) is 282 Å². The number of rotatable bonds is 47. The third-order valence-corrected chi connectivity index (χ3v) is 12.7. The molecule has 0 spiro atoms. The predicted molar refractivity (Wildman–Crippen MR) is 275 cm³/mol. The predicted octanol–water partition coefficient (Wildman–Crippen LogP) is 13.7. The Morgan fingerprint density at radius 2 is 0.824 bits per heavy atom.